The zero-order valence-corrected chi connectivity index (χ0v) is 11.8. The summed E-state index contributed by atoms with van der Waals surface area (Å²) in [4.78, 5) is 36.4. The van der Waals surface area contributed by atoms with Crippen LogP contribution in [0.5, 0.6) is 0 Å². The van der Waals surface area contributed by atoms with E-state index in [-0.39, 0.29) is 23.3 Å². The third kappa shape index (κ3) is 2.43. The van der Waals surface area contributed by atoms with E-state index in [4.69, 9.17) is 0 Å². The number of carboxylic acid groups (broad SMARTS) is 1. The van der Waals surface area contributed by atoms with Gasteiger partial charge in [-0.3, -0.25) is 14.5 Å². The predicted molar refractivity (Wildman–Crippen MR) is 73.8 cm³/mol. The Hall–Kier alpha value is -2.17. The molecule has 20 heavy (non-hydrogen) atoms. The molecule has 1 fully saturated rings. The molecule has 0 spiro atoms. The summed E-state index contributed by atoms with van der Waals surface area (Å²) in [6.45, 7) is 5.34. The zero-order valence-electron chi connectivity index (χ0n) is 11.8. The van der Waals surface area contributed by atoms with Crippen LogP contribution in [0.25, 0.3) is 0 Å². The number of carboxylic acids is 1. The van der Waals surface area contributed by atoms with Crippen LogP contribution in [0.3, 0.4) is 0 Å². The quantitative estimate of drug-likeness (QED) is 0.840. The van der Waals surface area contributed by atoms with Crippen molar-refractivity contribution in [3.05, 3.63) is 28.8 Å². The van der Waals surface area contributed by atoms with Crippen LogP contribution in [0.2, 0.25) is 0 Å². The van der Waals surface area contributed by atoms with E-state index in [1.807, 2.05) is 6.92 Å². The highest BCUT2D eigenvalue weighted by Crippen LogP contribution is 2.28. The van der Waals surface area contributed by atoms with E-state index in [9.17, 15) is 19.5 Å². The van der Waals surface area contributed by atoms with Gasteiger partial charge in [0.25, 0.3) is 0 Å². The van der Waals surface area contributed by atoms with Crippen LogP contribution >= 0.6 is 0 Å². The molecular weight excluding hydrogens is 258 g/mol. The van der Waals surface area contributed by atoms with Gasteiger partial charge in [-0.25, -0.2) is 4.79 Å². The second-order valence-corrected chi connectivity index (χ2v) is 5.38. The molecule has 0 aliphatic carbocycles. The van der Waals surface area contributed by atoms with Crippen LogP contribution in [0.1, 0.15) is 41.3 Å². The molecule has 2 amide bonds. The lowest BCUT2D eigenvalue weighted by molar-refractivity contribution is -0.130. The molecule has 5 heteroatoms. The third-order valence-electron chi connectivity index (χ3n) is 3.69. The van der Waals surface area contributed by atoms with Gasteiger partial charge in [0, 0.05) is 12.8 Å². The van der Waals surface area contributed by atoms with Gasteiger partial charge in [0.2, 0.25) is 11.8 Å². The van der Waals surface area contributed by atoms with E-state index in [1.54, 1.807) is 19.9 Å². The molecule has 1 aliphatic heterocycles. The van der Waals surface area contributed by atoms with Gasteiger partial charge in [0.1, 0.15) is 0 Å². The molecule has 5 nitrogen and oxygen atoms in total. The van der Waals surface area contributed by atoms with Crippen LogP contribution < -0.4 is 4.90 Å². The summed E-state index contributed by atoms with van der Waals surface area (Å²) in [6, 6.07) is 3.09. The van der Waals surface area contributed by atoms with Crippen molar-refractivity contribution in [3.8, 4) is 0 Å². The Labute approximate surface area is 117 Å². The first-order valence-corrected chi connectivity index (χ1v) is 6.51. The van der Waals surface area contributed by atoms with Crippen molar-refractivity contribution in [1.29, 1.82) is 0 Å². The van der Waals surface area contributed by atoms with Gasteiger partial charge >= 0.3 is 5.97 Å². The summed E-state index contributed by atoms with van der Waals surface area (Å²) in [7, 11) is 0. The van der Waals surface area contributed by atoms with Gasteiger partial charge in [-0.15, -0.1) is 0 Å². The molecule has 0 aromatic heterocycles. The molecule has 1 aromatic rings. The summed E-state index contributed by atoms with van der Waals surface area (Å²) in [5.74, 6) is -1.56. The first kappa shape index (κ1) is 14.2. The number of anilines is 1. The van der Waals surface area contributed by atoms with Crippen LogP contribution in [0.15, 0.2) is 12.1 Å². The average molecular weight is 275 g/mol. The van der Waals surface area contributed by atoms with Gasteiger partial charge in [0.15, 0.2) is 0 Å². The number of piperidine rings is 1. The highest BCUT2D eigenvalue weighted by molar-refractivity contribution is 6.17. The molecule has 0 bridgehead atoms. The second-order valence-electron chi connectivity index (χ2n) is 5.38. The number of hydrogen-bond acceptors (Lipinski definition) is 3. The van der Waals surface area contributed by atoms with Gasteiger partial charge in [-0.05, 0) is 43.0 Å². The molecule has 1 aliphatic rings. The van der Waals surface area contributed by atoms with E-state index >= 15 is 0 Å². The number of amides is 2. The van der Waals surface area contributed by atoms with Crippen molar-refractivity contribution in [3.63, 3.8) is 0 Å². The fourth-order valence-electron chi connectivity index (χ4n) is 2.47. The van der Waals surface area contributed by atoms with Crippen LogP contribution in [-0.4, -0.2) is 22.9 Å². The molecule has 1 saturated heterocycles. The number of carbonyl (C=O) groups is 3. The summed E-state index contributed by atoms with van der Waals surface area (Å²) in [5.41, 5.74) is 1.87. The van der Waals surface area contributed by atoms with Crippen LogP contribution in [0, 0.1) is 19.8 Å². The highest BCUT2D eigenvalue weighted by Gasteiger charge is 2.32. The minimum absolute atomic E-state index is 0.0386. The van der Waals surface area contributed by atoms with Gasteiger partial charge in [0.05, 0.1) is 11.3 Å². The van der Waals surface area contributed by atoms with Crippen molar-refractivity contribution in [2.45, 2.75) is 33.6 Å². The Balaban J connectivity index is 2.50. The number of aryl methyl sites for hydroxylation is 1. The van der Waals surface area contributed by atoms with Gasteiger partial charge < -0.3 is 5.11 Å². The maximum atomic E-state index is 12.1. The van der Waals surface area contributed by atoms with E-state index in [0.29, 0.717) is 24.1 Å². The first-order valence-electron chi connectivity index (χ1n) is 6.51. The number of carbonyl (C=O) groups excluding carboxylic acids is 2. The van der Waals surface area contributed by atoms with Crippen molar-refractivity contribution in [2.75, 3.05) is 4.90 Å². The Morgan fingerprint density at radius 1 is 1.20 bits per heavy atom. The number of rotatable bonds is 2. The minimum Gasteiger partial charge on any atom is -0.478 e. The highest BCUT2D eigenvalue weighted by atomic mass is 16.4. The Kier molecular flexibility index (Phi) is 3.61. The Morgan fingerprint density at radius 3 is 2.25 bits per heavy atom. The number of hydrogen-bond donors (Lipinski definition) is 1. The fourth-order valence-corrected chi connectivity index (χ4v) is 2.47. The lowest BCUT2D eigenvalue weighted by Gasteiger charge is -2.29. The third-order valence-corrected chi connectivity index (χ3v) is 3.69. The maximum Gasteiger partial charge on any atom is 0.336 e. The predicted octanol–water partition coefficient (Wildman–Crippen LogP) is 2.29. The average Bonchev–Trinajstić information content (AvgIpc) is 2.31. The normalized spacial score (nSPS) is 16.6. The largest absolute Gasteiger partial charge is 0.478 e. The summed E-state index contributed by atoms with van der Waals surface area (Å²) >= 11 is 0. The van der Waals surface area contributed by atoms with Crippen molar-refractivity contribution < 1.29 is 19.5 Å². The van der Waals surface area contributed by atoms with Gasteiger partial charge in [-0.1, -0.05) is 6.92 Å². The summed E-state index contributed by atoms with van der Waals surface area (Å²) < 4.78 is 0. The van der Waals surface area contributed by atoms with E-state index in [0.717, 1.165) is 10.5 Å². The van der Waals surface area contributed by atoms with Crippen LogP contribution in [0.4, 0.5) is 5.69 Å². The second kappa shape index (κ2) is 5.07. The smallest absolute Gasteiger partial charge is 0.336 e. The molecule has 0 radical (unpaired) electrons. The van der Waals surface area contributed by atoms with E-state index in [1.165, 1.54) is 6.07 Å². The van der Waals surface area contributed by atoms with Crippen LogP contribution in [-0.2, 0) is 9.59 Å². The minimum atomic E-state index is -1.06. The fraction of sp³-hybridized carbons (Fsp3) is 0.400. The topological polar surface area (TPSA) is 74.7 Å². The number of nitrogens with zero attached hydrogens (tertiary/aromatic N) is 1. The summed E-state index contributed by atoms with van der Waals surface area (Å²) in [5, 5.41) is 9.20. The van der Waals surface area contributed by atoms with Crippen molar-refractivity contribution in [1.82, 2.24) is 0 Å². The molecular formula is C15H17NO4. The molecule has 0 saturated carbocycles. The maximum absolute atomic E-state index is 12.1. The monoisotopic (exact) mass is 275 g/mol. The Morgan fingerprint density at radius 2 is 1.75 bits per heavy atom. The first-order chi connectivity index (χ1) is 9.31. The van der Waals surface area contributed by atoms with Crippen molar-refractivity contribution >= 4 is 23.5 Å². The molecule has 2 rings (SSSR count). The lowest BCUT2D eigenvalue weighted by atomic mass is 9.95. The molecule has 106 valence electrons. The molecule has 0 unspecified atom stereocenters. The molecule has 1 N–H and O–H groups in total. The van der Waals surface area contributed by atoms with Crippen molar-refractivity contribution in [2.24, 2.45) is 5.92 Å². The van der Waals surface area contributed by atoms with Gasteiger partial charge in [-0.2, -0.15) is 0 Å². The molecule has 0 atom stereocenters. The molecule has 1 aromatic carbocycles. The molecule has 1 heterocycles. The summed E-state index contributed by atoms with van der Waals surface area (Å²) in [6.07, 6.45) is 0.613. The number of benzene rings is 1. The Bertz CT molecular complexity index is 588. The SMILES string of the molecule is Cc1cc(N2C(=O)CC(C)CC2=O)cc(C(=O)O)c1C. The number of imide groups is 1. The lowest BCUT2D eigenvalue weighted by Crippen LogP contribution is -2.43. The standard InChI is InChI=1S/C15H17NO4/c1-8-4-13(17)16(14(18)5-8)11-6-9(2)10(3)12(7-11)15(19)20/h6-8H,4-5H2,1-3H3,(H,19,20). The zero-order chi connectivity index (χ0) is 15.0. The van der Waals surface area contributed by atoms with E-state index < -0.39 is 5.97 Å². The number of aromatic carboxylic acids is 1. The van der Waals surface area contributed by atoms with E-state index in [2.05, 4.69) is 0 Å².